The van der Waals surface area contributed by atoms with E-state index in [1.807, 2.05) is 0 Å². The summed E-state index contributed by atoms with van der Waals surface area (Å²) in [6.07, 6.45) is 0. The van der Waals surface area contributed by atoms with Crippen LogP contribution in [0.3, 0.4) is 0 Å². The first-order valence-corrected chi connectivity index (χ1v) is 8.57. The van der Waals surface area contributed by atoms with Gasteiger partial charge in [0, 0.05) is 4.47 Å². The number of nitrogens with one attached hydrogen (secondary N) is 1. The Morgan fingerprint density at radius 3 is 2.55 bits per heavy atom. The molecule has 1 aromatic carbocycles. The SMILES string of the molecule is O=C(O)c1ccc(S(=O)(=O)Nc2ccc(Br)cc2Cl)s1. The number of aromatic carboxylic acids is 1. The average Bonchev–Trinajstić information content (AvgIpc) is 2.83. The first-order valence-electron chi connectivity index (χ1n) is 5.10. The molecule has 0 aliphatic heterocycles. The Morgan fingerprint density at radius 1 is 1.30 bits per heavy atom. The molecular weight excluding hydrogens is 390 g/mol. The van der Waals surface area contributed by atoms with Crippen molar-refractivity contribution in [3.05, 3.63) is 44.7 Å². The summed E-state index contributed by atoms with van der Waals surface area (Å²) in [5.41, 5.74) is 0.222. The molecule has 9 heteroatoms. The Morgan fingerprint density at radius 2 is 2.00 bits per heavy atom. The molecular formula is C11H7BrClNO4S2. The van der Waals surface area contributed by atoms with Gasteiger partial charge in [-0.1, -0.05) is 27.5 Å². The summed E-state index contributed by atoms with van der Waals surface area (Å²) < 4.78 is 27.2. The Labute approximate surface area is 132 Å². The van der Waals surface area contributed by atoms with Gasteiger partial charge in [0.1, 0.15) is 9.09 Å². The Bertz CT molecular complexity index is 772. The van der Waals surface area contributed by atoms with Crippen LogP contribution in [0.2, 0.25) is 5.02 Å². The summed E-state index contributed by atoms with van der Waals surface area (Å²) in [7, 11) is -3.86. The number of sulfonamides is 1. The molecule has 0 unspecified atom stereocenters. The van der Waals surface area contributed by atoms with Crippen molar-refractivity contribution in [1.29, 1.82) is 0 Å². The first kappa shape index (κ1) is 15.3. The lowest BCUT2D eigenvalue weighted by molar-refractivity contribution is 0.0702. The molecule has 2 N–H and O–H groups in total. The molecule has 1 heterocycles. The van der Waals surface area contributed by atoms with Gasteiger partial charge in [0.05, 0.1) is 10.7 Å². The van der Waals surface area contributed by atoms with Crippen molar-refractivity contribution in [2.45, 2.75) is 4.21 Å². The molecule has 0 radical (unpaired) electrons. The van der Waals surface area contributed by atoms with Crippen LogP contribution >= 0.6 is 38.9 Å². The molecule has 0 aliphatic carbocycles. The van der Waals surface area contributed by atoms with E-state index in [4.69, 9.17) is 16.7 Å². The third-order valence-electron chi connectivity index (χ3n) is 2.23. The number of benzene rings is 1. The molecule has 0 saturated heterocycles. The second-order valence-electron chi connectivity index (χ2n) is 3.65. The smallest absolute Gasteiger partial charge is 0.345 e. The van der Waals surface area contributed by atoms with Gasteiger partial charge >= 0.3 is 5.97 Å². The number of carboxylic acid groups (broad SMARTS) is 1. The maximum Gasteiger partial charge on any atom is 0.345 e. The number of carboxylic acids is 1. The summed E-state index contributed by atoms with van der Waals surface area (Å²) in [5.74, 6) is -1.17. The fourth-order valence-electron chi connectivity index (χ4n) is 1.35. The van der Waals surface area contributed by atoms with Crippen LogP contribution in [0.1, 0.15) is 9.67 Å². The van der Waals surface area contributed by atoms with Crippen LogP contribution in [0.4, 0.5) is 5.69 Å². The highest BCUT2D eigenvalue weighted by molar-refractivity contribution is 9.10. The minimum absolute atomic E-state index is 0.0488. The van der Waals surface area contributed by atoms with Gasteiger partial charge in [-0.05, 0) is 30.3 Å². The molecule has 2 aromatic rings. The number of halogens is 2. The van der Waals surface area contributed by atoms with E-state index in [2.05, 4.69) is 20.7 Å². The average molecular weight is 397 g/mol. The van der Waals surface area contributed by atoms with Crippen LogP contribution < -0.4 is 4.72 Å². The number of anilines is 1. The van der Waals surface area contributed by atoms with Gasteiger partial charge in [-0.15, -0.1) is 11.3 Å². The molecule has 0 saturated carbocycles. The Hall–Kier alpha value is -1.09. The van der Waals surface area contributed by atoms with E-state index < -0.39 is 16.0 Å². The zero-order valence-electron chi connectivity index (χ0n) is 9.63. The van der Waals surface area contributed by atoms with E-state index in [-0.39, 0.29) is 19.8 Å². The molecule has 0 fully saturated rings. The predicted molar refractivity (Wildman–Crippen MR) is 81.2 cm³/mol. The van der Waals surface area contributed by atoms with Crippen molar-refractivity contribution < 1.29 is 18.3 Å². The van der Waals surface area contributed by atoms with Crippen LogP contribution in [0.25, 0.3) is 0 Å². The zero-order valence-corrected chi connectivity index (χ0v) is 13.6. The van der Waals surface area contributed by atoms with Crippen molar-refractivity contribution >= 4 is 60.5 Å². The number of hydrogen-bond donors (Lipinski definition) is 2. The minimum atomic E-state index is -3.86. The van der Waals surface area contributed by atoms with Crippen LogP contribution in [-0.4, -0.2) is 19.5 Å². The van der Waals surface area contributed by atoms with Gasteiger partial charge in [-0.25, -0.2) is 13.2 Å². The van der Waals surface area contributed by atoms with E-state index in [0.29, 0.717) is 11.3 Å². The third-order valence-corrected chi connectivity index (χ3v) is 5.97. The van der Waals surface area contributed by atoms with E-state index in [9.17, 15) is 13.2 Å². The van der Waals surface area contributed by atoms with Crippen LogP contribution in [0.5, 0.6) is 0 Å². The fourth-order valence-corrected chi connectivity index (χ4v) is 4.35. The van der Waals surface area contributed by atoms with E-state index in [1.54, 1.807) is 12.1 Å². The van der Waals surface area contributed by atoms with E-state index in [1.165, 1.54) is 18.2 Å². The summed E-state index contributed by atoms with van der Waals surface area (Å²) >= 11 is 9.82. The van der Waals surface area contributed by atoms with Gasteiger partial charge in [0.15, 0.2) is 0 Å². The first-order chi connectivity index (χ1) is 9.29. The Kier molecular flexibility index (Phi) is 4.38. The topological polar surface area (TPSA) is 83.5 Å². The maximum atomic E-state index is 12.1. The molecule has 5 nitrogen and oxygen atoms in total. The second kappa shape index (κ2) is 5.72. The highest BCUT2D eigenvalue weighted by atomic mass is 79.9. The predicted octanol–water partition coefficient (Wildman–Crippen LogP) is 3.66. The molecule has 1 aromatic heterocycles. The molecule has 0 atom stereocenters. The fraction of sp³-hybridized carbons (Fsp3) is 0. The lowest BCUT2D eigenvalue weighted by Gasteiger charge is -2.08. The monoisotopic (exact) mass is 395 g/mol. The lowest BCUT2D eigenvalue weighted by atomic mass is 10.3. The van der Waals surface area contributed by atoms with Crippen molar-refractivity contribution in [3.8, 4) is 0 Å². The maximum absolute atomic E-state index is 12.1. The molecule has 106 valence electrons. The van der Waals surface area contributed by atoms with Crippen molar-refractivity contribution in [1.82, 2.24) is 0 Å². The van der Waals surface area contributed by atoms with Crippen molar-refractivity contribution in [2.24, 2.45) is 0 Å². The van der Waals surface area contributed by atoms with E-state index >= 15 is 0 Å². The normalized spacial score (nSPS) is 11.3. The summed E-state index contributed by atoms with van der Waals surface area (Å²) in [6.45, 7) is 0. The molecule has 0 aliphatic rings. The lowest BCUT2D eigenvalue weighted by Crippen LogP contribution is -2.11. The Balaban J connectivity index is 2.33. The molecule has 0 spiro atoms. The van der Waals surface area contributed by atoms with Gasteiger partial charge < -0.3 is 5.11 Å². The largest absolute Gasteiger partial charge is 0.477 e. The van der Waals surface area contributed by atoms with Crippen LogP contribution in [-0.2, 0) is 10.0 Å². The van der Waals surface area contributed by atoms with E-state index in [0.717, 1.165) is 4.47 Å². The number of hydrogen-bond acceptors (Lipinski definition) is 4. The highest BCUT2D eigenvalue weighted by Gasteiger charge is 2.20. The van der Waals surface area contributed by atoms with Gasteiger partial charge in [-0.2, -0.15) is 0 Å². The third kappa shape index (κ3) is 3.32. The zero-order chi connectivity index (χ0) is 14.9. The van der Waals surface area contributed by atoms with Crippen molar-refractivity contribution in [2.75, 3.05) is 4.72 Å². The molecule has 0 amide bonds. The summed E-state index contributed by atoms with van der Waals surface area (Å²) in [4.78, 5) is 10.7. The van der Waals surface area contributed by atoms with Crippen LogP contribution in [0, 0.1) is 0 Å². The molecule has 2 rings (SSSR count). The van der Waals surface area contributed by atoms with Gasteiger partial charge in [-0.3, -0.25) is 4.72 Å². The quantitative estimate of drug-likeness (QED) is 0.826. The van der Waals surface area contributed by atoms with Gasteiger partial charge in [0.2, 0.25) is 0 Å². The number of carbonyl (C=O) groups is 1. The second-order valence-corrected chi connectivity index (χ2v) is 7.97. The summed E-state index contributed by atoms with van der Waals surface area (Å²) in [5, 5.41) is 9.03. The highest BCUT2D eigenvalue weighted by Crippen LogP contribution is 2.29. The summed E-state index contributed by atoms with van der Waals surface area (Å²) in [6, 6.07) is 7.18. The number of thiophene rings is 1. The number of rotatable bonds is 4. The van der Waals surface area contributed by atoms with Crippen LogP contribution in [0.15, 0.2) is 39.0 Å². The minimum Gasteiger partial charge on any atom is -0.477 e. The van der Waals surface area contributed by atoms with Crippen molar-refractivity contribution in [3.63, 3.8) is 0 Å². The molecule has 20 heavy (non-hydrogen) atoms. The molecule has 0 bridgehead atoms. The van der Waals surface area contributed by atoms with Gasteiger partial charge in [0.25, 0.3) is 10.0 Å². The standard InChI is InChI=1S/C11H7BrClNO4S2/c12-6-1-2-8(7(13)5-6)14-20(17,18)10-4-3-9(19-10)11(15)16/h1-5,14H,(H,15,16).